The number of nitrogens with zero attached hydrogens (tertiary/aromatic N) is 2. The Morgan fingerprint density at radius 1 is 1.27 bits per heavy atom. The summed E-state index contributed by atoms with van der Waals surface area (Å²) < 4.78 is 10.5. The highest BCUT2D eigenvalue weighted by atomic mass is 35.5. The smallest absolute Gasteiger partial charge is 0.311 e. The number of benzene rings is 2. The molecule has 2 aromatic carbocycles. The van der Waals surface area contributed by atoms with E-state index in [1.807, 2.05) is 0 Å². The molecule has 1 atom stereocenters. The molecule has 0 radical (unpaired) electrons. The maximum Gasteiger partial charge on any atom is 0.311 e. The van der Waals surface area contributed by atoms with Crippen LogP contribution in [0.25, 0.3) is 0 Å². The van der Waals surface area contributed by atoms with Gasteiger partial charge in [0.15, 0.2) is 6.61 Å². The van der Waals surface area contributed by atoms with Crippen LogP contribution in [0.15, 0.2) is 42.5 Å². The summed E-state index contributed by atoms with van der Waals surface area (Å²) in [5.74, 6) is -0.536. The highest BCUT2D eigenvalue weighted by molar-refractivity contribution is 6.30. The van der Waals surface area contributed by atoms with Gasteiger partial charge >= 0.3 is 5.69 Å². The molecule has 0 aliphatic rings. The van der Waals surface area contributed by atoms with Crippen molar-refractivity contribution >= 4 is 29.1 Å². The topological polar surface area (TPSA) is 111 Å². The molecule has 0 aliphatic heterocycles. The summed E-state index contributed by atoms with van der Waals surface area (Å²) in [5, 5.41) is 14.0. The first-order valence-electron chi connectivity index (χ1n) is 8.97. The molecule has 0 heterocycles. The van der Waals surface area contributed by atoms with Crippen molar-refractivity contribution in [3.05, 3.63) is 63.2 Å². The normalized spacial score (nSPS) is 11.3. The highest BCUT2D eigenvalue weighted by Gasteiger charge is 2.26. The number of nitro groups is 1. The van der Waals surface area contributed by atoms with Crippen LogP contribution in [-0.2, 0) is 16.1 Å². The zero-order chi connectivity index (χ0) is 22.3. The Kier molecular flexibility index (Phi) is 7.99. The Hall–Kier alpha value is -3.33. The summed E-state index contributed by atoms with van der Waals surface area (Å²) in [6.45, 7) is 1.39. The molecule has 0 saturated heterocycles. The van der Waals surface area contributed by atoms with Crippen LogP contribution in [0.1, 0.15) is 12.5 Å². The molecule has 0 bridgehead atoms. The molecule has 1 unspecified atom stereocenters. The summed E-state index contributed by atoms with van der Waals surface area (Å²) in [5.41, 5.74) is 0.538. The van der Waals surface area contributed by atoms with Crippen molar-refractivity contribution in [2.75, 3.05) is 20.8 Å². The third-order valence-corrected chi connectivity index (χ3v) is 4.60. The van der Waals surface area contributed by atoms with Crippen molar-refractivity contribution in [3.63, 3.8) is 0 Å². The maximum absolute atomic E-state index is 12.8. The van der Waals surface area contributed by atoms with Gasteiger partial charge in [-0.05, 0) is 30.7 Å². The number of hydrogen-bond donors (Lipinski definition) is 1. The molecule has 0 fully saturated rings. The summed E-state index contributed by atoms with van der Waals surface area (Å²) in [7, 11) is 2.79. The monoisotopic (exact) mass is 435 g/mol. The van der Waals surface area contributed by atoms with Gasteiger partial charge in [0.1, 0.15) is 11.8 Å². The third-order valence-electron chi connectivity index (χ3n) is 4.37. The van der Waals surface area contributed by atoms with Gasteiger partial charge in [-0.1, -0.05) is 23.7 Å². The molecule has 10 heteroatoms. The van der Waals surface area contributed by atoms with E-state index in [-0.39, 0.29) is 36.2 Å². The number of carbonyl (C=O) groups excluding carboxylic acids is 2. The summed E-state index contributed by atoms with van der Waals surface area (Å²) in [4.78, 5) is 36.7. The third kappa shape index (κ3) is 5.84. The standard InChI is InChI=1S/C20H22ClN3O6/c1-13(20(26)22-2)23(11-14-5-4-6-15(21)9-14)19(25)12-30-16-7-8-17(24(27)28)18(10-16)29-3/h4-10,13H,11-12H2,1-3H3,(H,22,26). The van der Waals surface area contributed by atoms with Crippen molar-refractivity contribution < 1.29 is 24.0 Å². The number of methoxy groups -OCH3 is 1. The number of carbonyl (C=O) groups is 2. The summed E-state index contributed by atoms with van der Waals surface area (Å²) in [6.07, 6.45) is 0. The fourth-order valence-corrected chi connectivity index (χ4v) is 2.96. The van der Waals surface area contributed by atoms with Crippen molar-refractivity contribution in [1.82, 2.24) is 10.2 Å². The first-order chi connectivity index (χ1) is 14.3. The minimum atomic E-state index is -0.753. The molecule has 0 aromatic heterocycles. The number of likely N-dealkylation sites (N-methyl/N-ethyl adjacent to an activating group) is 1. The van der Waals surface area contributed by atoms with E-state index in [0.29, 0.717) is 5.02 Å². The van der Waals surface area contributed by atoms with Gasteiger partial charge in [-0.15, -0.1) is 0 Å². The molecule has 2 amide bonds. The van der Waals surface area contributed by atoms with Crippen LogP contribution in [0.4, 0.5) is 5.69 Å². The van der Waals surface area contributed by atoms with Gasteiger partial charge in [-0.2, -0.15) is 0 Å². The Morgan fingerprint density at radius 2 is 2.00 bits per heavy atom. The van der Waals surface area contributed by atoms with Gasteiger partial charge in [-0.25, -0.2) is 0 Å². The average molecular weight is 436 g/mol. The Labute approximate surface area is 178 Å². The number of rotatable bonds is 9. The number of halogens is 1. The molecule has 0 saturated carbocycles. The number of ether oxygens (including phenoxy) is 2. The van der Waals surface area contributed by atoms with Crippen LogP contribution >= 0.6 is 11.6 Å². The second-order valence-electron chi connectivity index (χ2n) is 6.32. The summed E-state index contributed by atoms with van der Waals surface area (Å²) in [6, 6.07) is 10.2. The molecule has 1 N–H and O–H groups in total. The number of nitrogens with one attached hydrogen (secondary N) is 1. The lowest BCUT2D eigenvalue weighted by molar-refractivity contribution is -0.385. The maximum atomic E-state index is 12.8. The number of nitro benzene ring substituents is 1. The van der Waals surface area contributed by atoms with Crippen molar-refractivity contribution in [3.8, 4) is 11.5 Å². The van der Waals surface area contributed by atoms with Crippen LogP contribution < -0.4 is 14.8 Å². The minimum Gasteiger partial charge on any atom is -0.490 e. The Morgan fingerprint density at radius 3 is 2.60 bits per heavy atom. The van der Waals surface area contributed by atoms with E-state index in [2.05, 4.69) is 5.32 Å². The Bertz CT molecular complexity index is 937. The highest BCUT2D eigenvalue weighted by Crippen LogP contribution is 2.30. The molecule has 0 aliphatic carbocycles. The first kappa shape index (κ1) is 23.0. The quantitative estimate of drug-likeness (QED) is 0.479. The second kappa shape index (κ2) is 10.4. The fourth-order valence-electron chi connectivity index (χ4n) is 2.75. The lowest BCUT2D eigenvalue weighted by atomic mass is 10.1. The van der Waals surface area contributed by atoms with Gasteiger partial charge in [0, 0.05) is 30.7 Å². The van der Waals surface area contributed by atoms with E-state index >= 15 is 0 Å². The van der Waals surface area contributed by atoms with Crippen molar-refractivity contribution in [1.29, 1.82) is 0 Å². The van der Waals surface area contributed by atoms with E-state index in [4.69, 9.17) is 21.1 Å². The number of amides is 2. The molecule has 160 valence electrons. The van der Waals surface area contributed by atoms with Gasteiger partial charge in [0.05, 0.1) is 12.0 Å². The van der Waals surface area contributed by atoms with Gasteiger partial charge in [0.25, 0.3) is 5.91 Å². The van der Waals surface area contributed by atoms with Crippen LogP contribution in [0, 0.1) is 10.1 Å². The van der Waals surface area contributed by atoms with Gasteiger partial charge in [0.2, 0.25) is 11.7 Å². The molecule has 9 nitrogen and oxygen atoms in total. The van der Waals surface area contributed by atoms with E-state index < -0.39 is 16.9 Å². The zero-order valence-corrected chi connectivity index (χ0v) is 17.5. The van der Waals surface area contributed by atoms with Crippen LogP contribution in [0.5, 0.6) is 11.5 Å². The second-order valence-corrected chi connectivity index (χ2v) is 6.76. The molecule has 2 rings (SSSR count). The molecule has 30 heavy (non-hydrogen) atoms. The lowest BCUT2D eigenvalue weighted by Crippen LogP contribution is -2.48. The number of hydrogen-bond acceptors (Lipinski definition) is 6. The SMILES string of the molecule is CNC(=O)C(C)N(Cc1cccc(Cl)c1)C(=O)COc1ccc([N+](=O)[O-])c(OC)c1. The van der Waals surface area contributed by atoms with Crippen LogP contribution in [-0.4, -0.2) is 48.4 Å². The lowest BCUT2D eigenvalue weighted by Gasteiger charge is -2.28. The zero-order valence-electron chi connectivity index (χ0n) is 16.8. The predicted molar refractivity (Wildman–Crippen MR) is 111 cm³/mol. The van der Waals surface area contributed by atoms with E-state index in [0.717, 1.165) is 5.56 Å². The molecule has 0 spiro atoms. The van der Waals surface area contributed by atoms with Crippen molar-refractivity contribution in [2.45, 2.75) is 19.5 Å². The van der Waals surface area contributed by atoms with E-state index in [9.17, 15) is 19.7 Å². The van der Waals surface area contributed by atoms with Gasteiger partial charge < -0.3 is 19.7 Å². The van der Waals surface area contributed by atoms with E-state index in [1.165, 1.54) is 37.3 Å². The fraction of sp³-hybridized carbons (Fsp3) is 0.300. The average Bonchev–Trinajstić information content (AvgIpc) is 2.74. The Balaban J connectivity index is 2.17. The van der Waals surface area contributed by atoms with Gasteiger partial charge in [-0.3, -0.25) is 19.7 Å². The summed E-state index contributed by atoms with van der Waals surface area (Å²) >= 11 is 6.01. The predicted octanol–water partition coefficient (Wildman–Crippen LogP) is 2.80. The minimum absolute atomic E-state index is 0.0134. The molecular weight excluding hydrogens is 414 g/mol. The van der Waals surface area contributed by atoms with Crippen LogP contribution in [0.3, 0.4) is 0 Å². The van der Waals surface area contributed by atoms with Crippen molar-refractivity contribution in [2.24, 2.45) is 0 Å². The van der Waals surface area contributed by atoms with E-state index in [1.54, 1.807) is 31.2 Å². The largest absolute Gasteiger partial charge is 0.490 e. The first-order valence-corrected chi connectivity index (χ1v) is 9.35. The molecular formula is C20H22ClN3O6. The molecule has 2 aromatic rings. The van der Waals surface area contributed by atoms with Crippen LogP contribution in [0.2, 0.25) is 5.02 Å².